The summed E-state index contributed by atoms with van der Waals surface area (Å²) in [7, 11) is 2.13. The lowest BCUT2D eigenvalue weighted by molar-refractivity contribution is 0.285. The Labute approximate surface area is 112 Å². The van der Waals surface area contributed by atoms with E-state index in [9.17, 15) is 0 Å². The van der Waals surface area contributed by atoms with Crippen LogP contribution in [0.3, 0.4) is 0 Å². The SMILES string of the molecule is Cc1ccc(C(C)(C)C)cc1N(C)CCCCO. The van der Waals surface area contributed by atoms with Gasteiger partial charge in [-0.3, -0.25) is 0 Å². The van der Waals surface area contributed by atoms with Gasteiger partial charge in [0.25, 0.3) is 0 Å². The quantitative estimate of drug-likeness (QED) is 0.807. The zero-order valence-corrected chi connectivity index (χ0v) is 12.5. The lowest BCUT2D eigenvalue weighted by Crippen LogP contribution is -2.21. The summed E-state index contributed by atoms with van der Waals surface area (Å²) in [6, 6.07) is 6.73. The summed E-state index contributed by atoms with van der Waals surface area (Å²) in [5.74, 6) is 0. The minimum Gasteiger partial charge on any atom is -0.396 e. The number of hydrogen-bond acceptors (Lipinski definition) is 2. The summed E-state index contributed by atoms with van der Waals surface area (Å²) in [5.41, 5.74) is 4.18. The lowest BCUT2D eigenvalue weighted by atomic mass is 9.86. The molecule has 0 heterocycles. The second-order valence-electron chi connectivity index (χ2n) is 6.10. The molecule has 102 valence electrons. The van der Waals surface area contributed by atoms with Gasteiger partial charge in [-0.05, 0) is 42.4 Å². The monoisotopic (exact) mass is 249 g/mol. The molecule has 2 heteroatoms. The highest BCUT2D eigenvalue weighted by Crippen LogP contribution is 2.28. The van der Waals surface area contributed by atoms with Gasteiger partial charge in [0.2, 0.25) is 0 Å². The van der Waals surface area contributed by atoms with Crippen LogP contribution in [0.1, 0.15) is 44.7 Å². The Morgan fingerprint density at radius 2 is 1.83 bits per heavy atom. The fourth-order valence-corrected chi connectivity index (χ4v) is 2.07. The van der Waals surface area contributed by atoms with Crippen LogP contribution in [0.25, 0.3) is 0 Å². The Morgan fingerprint density at radius 3 is 2.39 bits per heavy atom. The standard InChI is InChI=1S/C16H27NO/c1-13-8-9-14(16(2,3)4)12-15(13)17(5)10-6-7-11-18/h8-9,12,18H,6-7,10-11H2,1-5H3. The van der Waals surface area contributed by atoms with Crippen molar-refractivity contribution in [2.75, 3.05) is 25.1 Å². The van der Waals surface area contributed by atoms with Crippen molar-refractivity contribution >= 4 is 5.69 Å². The van der Waals surface area contributed by atoms with Crippen LogP contribution in [-0.4, -0.2) is 25.3 Å². The predicted molar refractivity (Wildman–Crippen MR) is 79.5 cm³/mol. The van der Waals surface area contributed by atoms with Gasteiger partial charge in [-0.25, -0.2) is 0 Å². The van der Waals surface area contributed by atoms with Crippen molar-refractivity contribution in [3.63, 3.8) is 0 Å². The van der Waals surface area contributed by atoms with Gasteiger partial charge in [0.05, 0.1) is 0 Å². The molecule has 0 saturated heterocycles. The molecule has 0 radical (unpaired) electrons. The third-order valence-electron chi connectivity index (χ3n) is 3.39. The first-order valence-electron chi connectivity index (χ1n) is 6.79. The number of anilines is 1. The van der Waals surface area contributed by atoms with E-state index in [1.54, 1.807) is 0 Å². The molecule has 2 nitrogen and oxygen atoms in total. The largest absolute Gasteiger partial charge is 0.396 e. The van der Waals surface area contributed by atoms with Crippen molar-refractivity contribution in [1.82, 2.24) is 0 Å². The Balaban J connectivity index is 2.86. The third kappa shape index (κ3) is 4.02. The number of nitrogens with zero attached hydrogens (tertiary/aromatic N) is 1. The molecule has 0 fully saturated rings. The van der Waals surface area contributed by atoms with Crippen molar-refractivity contribution < 1.29 is 5.11 Å². The number of unbranched alkanes of at least 4 members (excludes halogenated alkanes) is 1. The average Bonchev–Trinajstić information content (AvgIpc) is 2.28. The van der Waals surface area contributed by atoms with Crippen LogP contribution < -0.4 is 4.90 Å². The van der Waals surface area contributed by atoms with Gasteiger partial charge in [-0.1, -0.05) is 32.9 Å². The third-order valence-corrected chi connectivity index (χ3v) is 3.39. The maximum atomic E-state index is 8.84. The van der Waals surface area contributed by atoms with Gasteiger partial charge in [-0.15, -0.1) is 0 Å². The first-order chi connectivity index (χ1) is 8.36. The van der Waals surface area contributed by atoms with E-state index < -0.39 is 0 Å². The Kier molecular flexibility index (Phi) is 5.21. The summed E-state index contributed by atoms with van der Waals surface area (Å²) in [6.07, 6.45) is 1.91. The maximum absolute atomic E-state index is 8.84. The molecule has 1 rings (SSSR count). The number of aliphatic hydroxyl groups excluding tert-OH is 1. The summed E-state index contributed by atoms with van der Waals surface area (Å²) in [6.45, 7) is 10.2. The Bertz CT molecular complexity index is 379. The van der Waals surface area contributed by atoms with E-state index in [2.05, 4.69) is 57.8 Å². The Hall–Kier alpha value is -1.02. The van der Waals surface area contributed by atoms with Gasteiger partial charge in [-0.2, -0.15) is 0 Å². The molecule has 0 spiro atoms. The molecule has 0 atom stereocenters. The van der Waals surface area contributed by atoms with E-state index in [0.29, 0.717) is 0 Å². The zero-order valence-electron chi connectivity index (χ0n) is 12.5. The van der Waals surface area contributed by atoms with Gasteiger partial charge in [0.15, 0.2) is 0 Å². The molecule has 0 aliphatic heterocycles. The van der Waals surface area contributed by atoms with Crippen molar-refractivity contribution in [2.45, 2.75) is 46.0 Å². The van der Waals surface area contributed by atoms with E-state index in [4.69, 9.17) is 5.11 Å². The molecule has 0 saturated carbocycles. The molecular weight excluding hydrogens is 222 g/mol. The fourth-order valence-electron chi connectivity index (χ4n) is 2.07. The molecular formula is C16H27NO. The number of hydrogen-bond donors (Lipinski definition) is 1. The number of aliphatic hydroxyl groups is 1. The molecule has 0 aliphatic carbocycles. The van der Waals surface area contributed by atoms with Crippen LogP contribution in [0.5, 0.6) is 0 Å². The smallest absolute Gasteiger partial charge is 0.0431 e. The van der Waals surface area contributed by atoms with Crippen molar-refractivity contribution in [1.29, 1.82) is 0 Å². The van der Waals surface area contributed by atoms with Gasteiger partial charge < -0.3 is 10.0 Å². The molecule has 18 heavy (non-hydrogen) atoms. The molecule has 0 bridgehead atoms. The number of aryl methyl sites for hydroxylation is 1. The number of benzene rings is 1. The van der Waals surface area contributed by atoms with E-state index in [1.807, 2.05) is 0 Å². The molecule has 1 N–H and O–H groups in total. The Morgan fingerprint density at radius 1 is 1.17 bits per heavy atom. The first kappa shape index (κ1) is 15.0. The van der Waals surface area contributed by atoms with E-state index >= 15 is 0 Å². The van der Waals surface area contributed by atoms with Crippen LogP contribution in [0, 0.1) is 6.92 Å². The second kappa shape index (κ2) is 6.24. The molecule has 0 unspecified atom stereocenters. The summed E-state index contributed by atoms with van der Waals surface area (Å²) in [5, 5.41) is 8.84. The minimum absolute atomic E-state index is 0.189. The first-order valence-corrected chi connectivity index (χ1v) is 6.79. The molecule has 0 amide bonds. The fraction of sp³-hybridized carbons (Fsp3) is 0.625. The summed E-state index contributed by atoms with van der Waals surface area (Å²) < 4.78 is 0. The van der Waals surface area contributed by atoms with E-state index in [1.165, 1.54) is 16.8 Å². The van der Waals surface area contributed by atoms with E-state index in [-0.39, 0.29) is 12.0 Å². The van der Waals surface area contributed by atoms with Gasteiger partial charge >= 0.3 is 0 Å². The topological polar surface area (TPSA) is 23.5 Å². The van der Waals surface area contributed by atoms with Crippen molar-refractivity contribution in [2.24, 2.45) is 0 Å². The average molecular weight is 249 g/mol. The lowest BCUT2D eigenvalue weighted by Gasteiger charge is -2.26. The van der Waals surface area contributed by atoms with Gasteiger partial charge in [0.1, 0.15) is 0 Å². The maximum Gasteiger partial charge on any atom is 0.0431 e. The highest BCUT2D eigenvalue weighted by Gasteiger charge is 2.15. The summed E-state index contributed by atoms with van der Waals surface area (Å²) >= 11 is 0. The van der Waals surface area contributed by atoms with Crippen LogP contribution in [0.2, 0.25) is 0 Å². The molecule has 0 aliphatic rings. The van der Waals surface area contributed by atoms with Crippen LogP contribution >= 0.6 is 0 Å². The van der Waals surface area contributed by atoms with Gasteiger partial charge in [0, 0.05) is 25.9 Å². The van der Waals surface area contributed by atoms with Crippen molar-refractivity contribution in [3.05, 3.63) is 29.3 Å². The summed E-state index contributed by atoms with van der Waals surface area (Å²) in [4.78, 5) is 2.29. The molecule has 1 aromatic carbocycles. The van der Waals surface area contributed by atoms with Crippen LogP contribution in [0.15, 0.2) is 18.2 Å². The van der Waals surface area contributed by atoms with E-state index in [0.717, 1.165) is 19.4 Å². The predicted octanol–water partition coefficient (Wildman–Crippen LogP) is 3.50. The highest BCUT2D eigenvalue weighted by atomic mass is 16.2. The normalized spacial score (nSPS) is 11.7. The minimum atomic E-state index is 0.189. The zero-order chi connectivity index (χ0) is 13.8. The second-order valence-corrected chi connectivity index (χ2v) is 6.10. The van der Waals surface area contributed by atoms with Crippen molar-refractivity contribution in [3.8, 4) is 0 Å². The molecule has 0 aromatic heterocycles. The number of rotatable bonds is 5. The van der Waals surface area contributed by atoms with Crippen LogP contribution in [0.4, 0.5) is 5.69 Å². The van der Waals surface area contributed by atoms with Crippen LogP contribution in [-0.2, 0) is 5.41 Å². The highest BCUT2D eigenvalue weighted by molar-refractivity contribution is 5.55. The molecule has 1 aromatic rings.